The molecule has 7 nitrogen and oxygen atoms in total. The summed E-state index contributed by atoms with van der Waals surface area (Å²) in [6.45, 7) is 3.95. The highest BCUT2D eigenvalue weighted by atomic mass is 16.2. The van der Waals surface area contributed by atoms with Crippen molar-refractivity contribution in [3.8, 4) is 0 Å². The van der Waals surface area contributed by atoms with Gasteiger partial charge < -0.3 is 5.32 Å². The highest BCUT2D eigenvalue weighted by Crippen LogP contribution is 2.18. The fourth-order valence-corrected chi connectivity index (χ4v) is 3.52. The van der Waals surface area contributed by atoms with E-state index < -0.39 is 11.2 Å². The van der Waals surface area contributed by atoms with Crippen LogP contribution in [0.1, 0.15) is 27.2 Å². The summed E-state index contributed by atoms with van der Waals surface area (Å²) in [6, 6.07) is 18.7. The Morgan fingerprint density at radius 2 is 1.74 bits per heavy atom. The van der Waals surface area contributed by atoms with Gasteiger partial charge in [0.1, 0.15) is 5.65 Å². The first-order valence-corrected chi connectivity index (χ1v) is 9.99. The van der Waals surface area contributed by atoms with Crippen LogP contribution in [-0.2, 0) is 13.0 Å². The summed E-state index contributed by atoms with van der Waals surface area (Å²) in [7, 11) is 0. The second-order valence-corrected chi connectivity index (χ2v) is 7.41. The summed E-state index contributed by atoms with van der Waals surface area (Å²) in [5.74, 6) is -0.359. The minimum Gasteiger partial charge on any atom is -0.322 e. The normalized spacial score (nSPS) is 10.9. The van der Waals surface area contributed by atoms with Crippen LogP contribution in [-0.4, -0.2) is 20.4 Å². The molecule has 0 radical (unpaired) electrons. The third-order valence-electron chi connectivity index (χ3n) is 5.26. The molecule has 0 saturated carbocycles. The van der Waals surface area contributed by atoms with Crippen molar-refractivity contribution in [3.05, 3.63) is 104 Å². The van der Waals surface area contributed by atoms with Crippen LogP contribution in [0.2, 0.25) is 0 Å². The van der Waals surface area contributed by atoms with Gasteiger partial charge in [-0.25, -0.2) is 9.78 Å². The van der Waals surface area contributed by atoms with E-state index in [0.717, 1.165) is 11.1 Å². The number of H-pyrrole nitrogens is 1. The molecular formula is C24H22N4O3. The number of fused-ring (bicyclic) bond motifs is 1. The van der Waals surface area contributed by atoms with Crippen molar-refractivity contribution in [3.63, 3.8) is 0 Å². The quantitative estimate of drug-likeness (QED) is 0.524. The Labute approximate surface area is 178 Å². The molecule has 2 aromatic carbocycles. The fourth-order valence-electron chi connectivity index (χ4n) is 3.52. The second-order valence-electron chi connectivity index (χ2n) is 7.41. The van der Waals surface area contributed by atoms with Gasteiger partial charge in [0.05, 0.1) is 16.6 Å². The molecule has 0 aliphatic heterocycles. The first-order chi connectivity index (χ1) is 14.9. The van der Waals surface area contributed by atoms with Crippen LogP contribution >= 0.6 is 0 Å². The Bertz CT molecular complexity index is 1390. The van der Waals surface area contributed by atoms with Gasteiger partial charge in [0.15, 0.2) is 0 Å². The zero-order chi connectivity index (χ0) is 22.0. The molecule has 2 N–H and O–H groups in total. The van der Waals surface area contributed by atoms with E-state index in [1.165, 1.54) is 10.6 Å². The minimum atomic E-state index is -0.562. The Morgan fingerprint density at radius 3 is 2.48 bits per heavy atom. The van der Waals surface area contributed by atoms with Gasteiger partial charge in [-0.05, 0) is 43.5 Å². The fraction of sp³-hybridized carbons (Fsp3) is 0.167. The molecule has 4 rings (SSSR count). The molecule has 0 atom stereocenters. The lowest BCUT2D eigenvalue weighted by atomic mass is 10.1. The van der Waals surface area contributed by atoms with Gasteiger partial charge in [-0.1, -0.05) is 48.5 Å². The van der Waals surface area contributed by atoms with Gasteiger partial charge in [0.2, 0.25) is 0 Å². The number of pyridine rings is 1. The van der Waals surface area contributed by atoms with Crippen molar-refractivity contribution in [2.45, 2.75) is 26.8 Å². The lowest BCUT2D eigenvalue weighted by Gasteiger charge is -2.13. The molecule has 0 spiro atoms. The first kappa shape index (κ1) is 20.3. The number of benzene rings is 2. The monoisotopic (exact) mass is 414 g/mol. The standard InChI is InChI=1S/C24H22N4O3/c1-15-8-6-7-11-20(15)26-22(29)18-14-19-21(25-16(18)2)28(24(31)27-23(19)30)13-12-17-9-4-3-5-10-17/h3-11,14H,12-13H2,1-2H3,(H,26,29)(H,27,30,31). The van der Waals surface area contributed by atoms with E-state index in [2.05, 4.69) is 15.3 Å². The van der Waals surface area contributed by atoms with Crippen LogP contribution in [0.3, 0.4) is 0 Å². The zero-order valence-electron chi connectivity index (χ0n) is 17.3. The number of anilines is 1. The maximum absolute atomic E-state index is 12.9. The number of carbonyl (C=O) groups excluding carboxylic acids is 1. The molecule has 0 aliphatic rings. The highest BCUT2D eigenvalue weighted by molar-refractivity contribution is 6.06. The Balaban J connectivity index is 1.73. The van der Waals surface area contributed by atoms with Gasteiger partial charge in [0.25, 0.3) is 11.5 Å². The number of hydrogen-bond donors (Lipinski definition) is 2. The molecule has 31 heavy (non-hydrogen) atoms. The summed E-state index contributed by atoms with van der Waals surface area (Å²) in [5.41, 5.74) is 2.61. The van der Waals surface area contributed by atoms with Gasteiger partial charge in [-0.3, -0.25) is 19.1 Å². The number of nitrogens with zero attached hydrogens (tertiary/aromatic N) is 2. The maximum atomic E-state index is 12.9. The molecule has 4 aromatic rings. The molecule has 0 aliphatic carbocycles. The smallest absolute Gasteiger partial charge is 0.322 e. The highest BCUT2D eigenvalue weighted by Gasteiger charge is 2.17. The second kappa shape index (κ2) is 8.39. The lowest BCUT2D eigenvalue weighted by Crippen LogP contribution is -2.32. The predicted molar refractivity (Wildman–Crippen MR) is 121 cm³/mol. The van der Waals surface area contributed by atoms with E-state index in [1.54, 1.807) is 6.92 Å². The van der Waals surface area contributed by atoms with Gasteiger partial charge in [-0.2, -0.15) is 0 Å². The van der Waals surface area contributed by atoms with Gasteiger partial charge >= 0.3 is 5.69 Å². The van der Waals surface area contributed by atoms with Crippen molar-refractivity contribution < 1.29 is 4.79 Å². The summed E-state index contributed by atoms with van der Waals surface area (Å²) in [5, 5.41) is 3.07. The van der Waals surface area contributed by atoms with Crippen LogP contribution in [0.15, 0.2) is 70.3 Å². The zero-order valence-corrected chi connectivity index (χ0v) is 17.3. The van der Waals surface area contributed by atoms with E-state index >= 15 is 0 Å². The number of aromatic nitrogens is 3. The summed E-state index contributed by atoms with van der Waals surface area (Å²) in [6.07, 6.45) is 0.609. The number of hydrogen-bond acceptors (Lipinski definition) is 4. The van der Waals surface area contributed by atoms with Crippen molar-refractivity contribution in [2.24, 2.45) is 0 Å². The van der Waals surface area contributed by atoms with Crippen LogP contribution in [0.4, 0.5) is 5.69 Å². The summed E-state index contributed by atoms with van der Waals surface area (Å²) < 4.78 is 1.44. The number of amides is 1. The van der Waals surface area contributed by atoms with Crippen molar-refractivity contribution in [1.82, 2.24) is 14.5 Å². The van der Waals surface area contributed by atoms with E-state index in [1.807, 2.05) is 61.5 Å². The van der Waals surface area contributed by atoms with Crippen molar-refractivity contribution >= 4 is 22.6 Å². The number of carbonyl (C=O) groups is 1. The molecule has 0 bridgehead atoms. The maximum Gasteiger partial charge on any atom is 0.330 e. The largest absolute Gasteiger partial charge is 0.330 e. The molecule has 2 heterocycles. The molecule has 156 valence electrons. The molecule has 0 saturated heterocycles. The minimum absolute atomic E-state index is 0.202. The first-order valence-electron chi connectivity index (χ1n) is 9.99. The Kier molecular flexibility index (Phi) is 5.49. The van der Waals surface area contributed by atoms with Crippen LogP contribution < -0.4 is 16.6 Å². The SMILES string of the molecule is Cc1ccccc1NC(=O)c1cc2c(=O)[nH]c(=O)n(CCc3ccccc3)c2nc1C. The predicted octanol–water partition coefficient (Wildman–Crippen LogP) is 3.20. The van der Waals surface area contributed by atoms with E-state index in [-0.39, 0.29) is 22.5 Å². The number of para-hydroxylation sites is 1. The van der Waals surface area contributed by atoms with E-state index in [0.29, 0.717) is 24.3 Å². The number of aryl methyl sites for hydroxylation is 4. The number of rotatable bonds is 5. The van der Waals surface area contributed by atoms with E-state index in [4.69, 9.17) is 0 Å². The molecule has 7 heteroatoms. The molecule has 0 unspecified atom stereocenters. The molecule has 2 aromatic heterocycles. The Morgan fingerprint density at radius 1 is 1.03 bits per heavy atom. The average Bonchev–Trinajstić information content (AvgIpc) is 2.75. The van der Waals surface area contributed by atoms with Crippen molar-refractivity contribution in [2.75, 3.05) is 5.32 Å². The third kappa shape index (κ3) is 4.16. The topological polar surface area (TPSA) is 96.9 Å². The molecule has 0 fully saturated rings. The summed E-state index contributed by atoms with van der Waals surface area (Å²) in [4.78, 5) is 44.6. The van der Waals surface area contributed by atoms with Crippen LogP contribution in [0, 0.1) is 13.8 Å². The number of aromatic amines is 1. The average molecular weight is 414 g/mol. The van der Waals surface area contributed by atoms with Crippen molar-refractivity contribution in [1.29, 1.82) is 0 Å². The van der Waals surface area contributed by atoms with Gasteiger partial charge in [0, 0.05) is 12.2 Å². The molecular weight excluding hydrogens is 392 g/mol. The third-order valence-corrected chi connectivity index (χ3v) is 5.26. The number of nitrogens with one attached hydrogen (secondary N) is 2. The van der Waals surface area contributed by atoms with Crippen LogP contribution in [0.25, 0.3) is 11.0 Å². The van der Waals surface area contributed by atoms with E-state index in [9.17, 15) is 14.4 Å². The molecule has 1 amide bonds. The lowest BCUT2D eigenvalue weighted by molar-refractivity contribution is 0.102. The Hall–Kier alpha value is -4.00. The van der Waals surface area contributed by atoms with Gasteiger partial charge in [-0.15, -0.1) is 0 Å². The summed E-state index contributed by atoms with van der Waals surface area (Å²) >= 11 is 0. The van der Waals surface area contributed by atoms with Crippen LogP contribution in [0.5, 0.6) is 0 Å².